The van der Waals surface area contributed by atoms with Gasteiger partial charge in [0.2, 0.25) is 11.8 Å². The number of rotatable bonds is 4. The summed E-state index contributed by atoms with van der Waals surface area (Å²) in [5, 5.41) is 0. The fourth-order valence-corrected chi connectivity index (χ4v) is 8.77. The van der Waals surface area contributed by atoms with Gasteiger partial charge < -0.3 is 23.8 Å². The molecule has 0 bridgehead atoms. The van der Waals surface area contributed by atoms with Gasteiger partial charge in [0.1, 0.15) is 0 Å². The van der Waals surface area contributed by atoms with E-state index in [1.807, 2.05) is 11.8 Å². The van der Waals surface area contributed by atoms with Gasteiger partial charge >= 0.3 is 7.12 Å². The lowest BCUT2D eigenvalue weighted by atomic mass is 9.68. The molecule has 6 aliphatic rings. The van der Waals surface area contributed by atoms with Crippen LogP contribution in [0, 0.1) is 17.3 Å². The number of amides is 2. The summed E-state index contributed by atoms with van der Waals surface area (Å²) < 4.78 is 18.3. The van der Waals surface area contributed by atoms with Crippen LogP contribution in [-0.4, -0.2) is 67.4 Å². The van der Waals surface area contributed by atoms with Gasteiger partial charge in [-0.15, -0.1) is 0 Å². The first-order valence-electron chi connectivity index (χ1n) is 17.2. The lowest BCUT2D eigenvalue weighted by Crippen LogP contribution is -2.58. The second-order valence-electron chi connectivity index (χ2n) is 16.0. The molecule has 43 heavy (non-hydrogen) atoms. The van der Waals surface area contributed by atoms with Crippen LogP contribution >= 0.6 is 0 Å². The van der Waals surface area contributed by atoms with E-state index >= 15 is 0 Å². The Balaban J connectivity index is 1.15. The Bertz CT molecular complexity index is 1240. The number of ether oxygens (including phenoxy) is 1. The van der Waals surface area contributed by atoms with Gasteiger partial charge in [-0.05, 0) is 89.2 Å². The third-order valence-corrected chi connectivity index (χ3v) is 12.5. The number of hydrogen-bond donors (Lipinski definition) is 0. The van der Waals surface area contributed by atoms with Crippen molar-refractivity contribution >= 4 is 30.1 Å². The Labute approximate surface area is 258 Å². The van der Waals surface area contributed by atoms with Gasteiger partial charge in [0.05, 0.1) is 35.2 Å². The Morgan fingerprint density at radius 3 is 2.05 bits per heavy atom. The van der Waals surface area contributed by atoms with Crippen LogP contribution in [0.1, 0.15) is 111 Å². The molecule has 3 saturated heterocycles. The lowest BCUT2D eigenvalue weighted by Gasteiger charge is -2.47. The van der Waals surface area contributed by atoms with Crippen LogP contribution in [0.5, 0.6) is 0 Å². The van der Waals surface area contributed by atoms with Crippen LogP contribution < -0.4 is 10.4 Å². The molecule has 7 nitrogen and oxygen atoms in total. The maximum atomic E-state index is 14.7. The van der Waals surface area contributed by atoms with Crippen molar-refractivity contribution in [2.75, 3.05) is 31.2 Å². The quantitative estimate of drug-likeness (QED) is 0.442. The largest absolute Gasteiger partial charge is 0.494 e. The zero-order valence-electron chi connectivity index (χ0n) is 27.1. The second-order valence-corrected chi connectivity index (χ2v) is 16.0. The molecular formula is C35H51BN2O5. The number of anilines is 1. The molecule has 0 unspecified atom stereocenters. The molecule has 0 N–H and O–H groups in total. The van der Waals surface area contributed by atoms with Crippen LogP contribution in [0.15, 0.2) is 18.2 Å². The van der Waals surface area contributed by atoms with Crippen molar-refractivity contribution in [3.63, 3.8) is 0 Å². The number of likely N-dealkylation sites (tertiary alicyclic amines) is 1. The molecule has 0 aromatic heterocycles. The van der Waals surface area contributed by atoms with Gasteiger partial charge in [-0.2, -0.15) is 0 Å². The average molecular weight is 591 g/mol. The maximum Gasteiger partial charge on any atom is 0.494 e. The minimum absolute atomic E-state index is 0.174. The van der Waals surface area contributed by atoms with Gasteiger partial charge in [-0.25, -0.2) is 0 Å². The fourth-order valence-electron chi connectivity index (χ4n) is 8.77. The van der Waals surface area contributed by atoms with Crippen molar-refractivity contribution in [3.8, 4) is 0 Å². The average Bonchev–Trinajstić information content (AvgIpc) is 3.28. The molecule has 4 heterocycles. The van der Waals surface area contributed by atoms with Gasteiger partial charge in [0, 0.05) is 24.8 Å². The van der Waals surface area contributed by atoms with Crippen molar-refractivity contribution in [2.24, 2.45) is 17.3 Å². The van der Waals surface area contributed by atoms with E-state index in [9.17, 15) is 9.59 Å². The maximum absolute atomic E-state index is 14.7. The van der Waals surface area contributed by atoms with Crippen molar-refractivity contribution in [3.05, 3.63) is 23.8 Å². The van der Waals surface area contributed by atoms with Crippen LogP contribution in [-0.2, 0) is 29.0 Å². The Hall–Kier alpha value is -1.90. The van der Waals surface area contributed by atoms with E-state index < -0.39 is 29.2 Å². The minimum Gasteiger partial charge on any atom is -0.399 e. The molecule has 1 aromatic carbocycles. The van der Waals surface area contributed by atoms with Crippen LogP contribution in [0.2, 0.25) is 0 Å². The molecule has 5 fully saturated rings. The monoisotopic (exact) mass is 590 g/mol. The topological polar surface area (TPSA) is 68.3 Å². The standard InChI is InChI=1S/C35H51BN2O5/c1-32(2)33(3,4)43-36(42-32)26-13-14-28-29(21-26)38(27-19-25(20-27)24-11-9-7-6-8-10-12-24)31(40)35(28)15-17-37(18-16-35)30(39)34(5)22-41-23-34/h13-14,21,24-25,27H,6-12,15-20,22-23H2,1-5H3. The third-order valence-electron chi connectivity index (χ3n) is 12.5. The summed E-state index contributed by atoms with van der Waals surface area (Å²) in [5.41, 5.74) is 1.34. The number of piperidine rings is 1. The number of carbonyl (C=O) groups excluding carboxylic acids is 2. The van der Waals surface area contributed by atoms with Gasteiger partial charge in [0.25, 0.3) is 0 Å². The highest BCUT2D eigenvalue weighted by Gasteiger charge is 2.58. The predicted octanol–water partition coefficient (Wildman–Crippen LogP) is 5.37. The molecular weight excluding hydrogens is 539 g/mol. The van der Waals surface area contributed by atoms with Gasteiger partial charge in [-0.1, -0.05) is 57.1 Å². The molecule has 0 radical (unpaired) electrons. The molecule has 1 aromatic rings. The van der Waals surface area contributed by atoms with Crippen LogP contribution in [0.3, 0.4) is 0 Å². The molecule has 1 spiro atoms. The zero-order chi connectivity index (χ0) is 30.2. The number of fused-ring (bicyclic) bond motifs is 2. The van der Waals surface area contributed by atoms with Crippen molar-refractivity contribution in [1.82, 2.24) is 4.90 Å². The second kappa shape index (κ2) is 10.6. The van der Waals surface area contributed by atoms with E-state index in [1.54, 1.807) is 0 Å². The number of hydrogen-bond acceptors (Lipinski definition) is 5. The molecule has 8 heteroatoms. The summed E-state index contributed by atoms with van der Waals surface area (Å²) in [6.07, 6.45) is 13.1. The Kier molecular flexibility index (Phi) is 7.34. The molecule has 4 aliphatic heterocycles. The summed E-state index contributed by atoms with van der Waals surface area (Å²) in [7, 11) is -0.460. The van der Waals surface area contributed by atoms with E-state index in [-0.39, 0.29) is 17.9 Å². The first-order valence-corrected chi connectivity index (χ1v) is 17.2. The summed E-state index contributed by atoms with van der Waals surface area (Å²) in [6, 6.07) is 6.73. The molecule has 2 aliphatic carbocycles. The molecule has 234 valence electrons. The van der Waals surface area contributed by atoms with Gasteiger partial charge in [0.15, 0.2) is 0 Å². The molecule has 2 amide bonds. The summed E-state index contributed by atoms with van der Waals surface area (Å²) in [4.78, 5) is 32.2. The third kappa shape index (κ3) is 4.80. The number of carbonyl (C=O) groups is 2. The first-order chi connectivity index (χ1) is 20.4. The van der Waals surface area contributed by atoms with Crippen LogP contribution in [0.25, 0.3) is 0 Å². The molecule has 2 saturated carbocycles. The Morgan fingerprint density at radius 1 is 0.860 bits per heavy atom. The van der Waals surface area contributed by atoms with Crippen molar-refractivity contribution < 1.29 is 23.6 Å². The lowest BCUT2D eigenvalue weighted by molar-refractivity contribution is -0.170. The summed E-state index contributed by atoms with van der Waals surface area (Å²) >= 11 is 0. The summed E-state index contributed by atoms with van der Waals surface area (Å²) in [6.45, 7) is 12.6. The SMILES string of the molecule is CC1(C(=O)N2CCC3(CC2)C(=O)N(C2CC(C4CCCCCCC4)C2)c2cc(B4OC(C)(C)C(C)(C)O4)ccc23)COC1. The van der Waals surface area contributed by atoms with Crippen LogP contribution in [0.4, 0.5) is 5.69 Å². The van der Waals surface area contributed by atoms with E-state index in [0.717, 1.165) is 41.4 Å². The van der Waals surface area contributed by atoms with E-state index in [4.69, 9.17) is 14.0 Å². The first kappa shape index (κ1) is 29.8. The zero-order valence-corrected chi connectivity index (χ0v) is 27.1. The van der Waals surface area contributed by atoms with Crippen molar-refractivity contribution in [2.45, 2.75) is 128 Å². The van der Waals surface area contributed by atoms with E-state index in [0.29, 0.717) is 39.1 Å². The Morgan fingerprint density at radius 2 is 1.47 bits per heavy atom. The highest BCUT2D eigenvalue weighted by Crippen LogP contribution is 2.53. The predicted molar refractivity (Wildman–Crippen MR) is 168 cm³/mol. The highest BCUT2D eigenvalue weighted by molar-refractivity contribution is 6.62. The fraction of sp³-hybridized carbons (Fsp3) is 0.771. The van der Waals surface area contributed by atoms with E-state index in [2.05, 4.69) is 50.8 Å². The minimum atomic E-state index is -0.567. The molecule has 7 rings (SSSR count). The smallest absolute Gasteiger partial charge is 0.399 e. The number of nitrogens with zero attached hydrogens (tertiary/aromatic N) is 2. The normalized spacial score (nSPS) is 31.3. The summed E-state index contributed by atoms with van der Waals surface area (Å²) in [5.74, 6) is 1.96. The van der Waals surface area contributed by atoms with Gasteiger partial charge in [-0.3, -0.25) is 9.59 Å². The number of benzene rings is 1. The highest BCUT2D eigenvalue weighted by atomic mass is 16.7. The molecule has 0 atom stereocenters. The van der Waals surface area contributed by atoms with Crippen molar-refractivity contribution in [1.29, 1.82) is 0 Å². The van der Waals surface area contributed by atoms with E-state index in [1.165, 1.54) is 44.9 Å².